The van der Waals surface area contributed by atoms with Crippen LogP contribution in [-0.4, -0.2) is 22.0 Å². The smallest absolute Gasteiger partial charge is 0.303 e. The molecule has 0 saturated carbocycles. The first-order chi connectivity index (χ1) is 8.49. The number of carboxylic acids is 1. The van der Waals surface area contributed by atoms with Crippen molar-refractivity contribution in [2.45, 2.75) is 46.1 Å². The number of carboxylic acid groups (broad SMARTS) is 1. The van der Waals surface area contributed by atoms with E-state index in [-0.39, 0.29) is 18.9 Å². The number of unbranched alkanes of at least 4 members (excludes halogenated alkanes) is 1. The van der Waals surface area contributed by atoms with Crippen molar-refractivity contribution in [1.82, 2.24) is 10.3 Å². The van der Waals surface area contributed by atoms with Gasteiger partial charge >= 0.3 is 5.97 Å². The number of nitrogens with one attached hydrogen (secondary N) is 1. The van der Waals surface area contributed by atoms with Gasteiger partial charge in [0.2, 0.25) is 11.8 Å². The summed E-state index contributed by atoms with van der Waals surface area (Å²) in [5.74, 6) is 0.291. The number of carbonyl (C=O) groups excluding carboxylic acids is 1. The number of rotatable bonds is 7. The van der Waals surface area contributed by atoms with E-state index in [1.807, 2.05) is 13.8 Å². The van der Waals surface area contributed by atoms with Crippen LogP contribution in [0.4, 0.5) is 0 Å². The number of amides is 1. The minimum absolute atomic E-state index is 0.103. The fourth-order valence-corrected chi connectivity index (χ4v) is 1.44. The van der Waals surface area contributed by atoms with Gasteiger partial charge in [-0.3, -0.25) is 9.59 Å². The third-order valence-corrected chi connectivity index (χ3v) is 2.55. The number of aryl methyl sites for hydroxylation is 2. The number of carbonyl (C=O) groups is 2. The van der Waals surface area contributed by atoms with Gasteiger partial charge in [0.25, 0.3) is 0 Å². The van der Waals surface area contributed by atoms with Gasteiger partial charge in [0.1, 0.15) is 5.76 Å². The van der Waals surface area contributed by atoms with Gasteiger partial charge in [-0.25, -0.2) is 4.98 Å². The van der Waals surface area contributed by atoms with Gasteiger partial charge < -0.3 is 14.8 Å². The first kappa shape index (κ1) is 14.2. The van der Waals surface area contributed by atoms with E-state index in [2.05, 4.69) is 10.3 Å². The molecule has 0 aromatic carbocycles. The summed E-state index contributed by atoms with van der Waals surface area (Å²) in [7, 11) is 0. The molecule has 0 radical (unpaired) electrons. The standard InChI is InChI=1S/C12H18N2O4/c1-8-9(2)18-11(14-8)7-13-10(15)5-3-4-6-12(16)17/h3-7H2,1-2H3,(H,13,15)(H,16,17). The van der Waals surface area contributed by atoms with Crippen LogP contribution in [0.25, 0.3) is 0 Å². The van der Waals surface area contributed by atoms with Crippen LogP contribution in [0.15, 0.2) is 4.42 Å². The van der Waals surface area contributed by atoms with Crippen LogP contribution in [0, 0.1) is 13.8 Å². The minimum atomic E-state index is -0.832. The summed E-state index contributed by atoms with van der Waals surface area (Å²) < 4.78 is 5.32. The molecule has 2 N–H and O–H groups in total. The van der Waals surface area contributed by atoms with Gasteiger partial charge in [-0.2, -0.15) is 0 Å². The molecular formula is C12H18N2O4. The first-order valence-corrected chi connectivity index (χ1v) is 5.90. The van der Waals surface area contributed by atoms with E-state index < -0.39 is 5.97 Å². The summed E-state index contributed by atoms with van der Waals surface area (Å²) in [6.07, 6.45) is 1.51. The zero-order valence-electron chi connectivity index (χ0n) is 10.7. The van der Waals surface area contributed by atoms with Crippen LogP contribution in [0.2, 0.25) is 0 Å². The van der Waals surface area contributed by atoms with Gasteiger partial charge in [-0.05, 0) is 26.7 Å². The van der Waals surface area contributed by atoms with Crippen molar-refractivity contribution >= 4 is 11.9 Å². The van der Waals surface area contributed by atoms with E-state index in [0.29, 0.717) is 25.2 Å². The van der Waals surface area contributed by atoms with E-state index in [4.69, 9.17) is 9.52 Å². The van der Waals surface area contributed by atoms with Gasteiger partial charge in [-0.1, -0.05) is 0 Å². The molecule has 0 spiro atoms. The van der Waals surface area contributed by atoms with Crippen LogP contribution in [0.1, 0.15) is 43.0 Å². The summed E-state index contributed by atoms with van der Waals surface area (Å²) in [5.41, 5.74) is 0.820. The predicted molar refractivity (Wildman–Crippen MR) is 63.9 cm³/mol. The summed E-state index contributed by atoms with van der Waals surface area (Å²) in [4.78, 5) is 25.8. The molecule has 100 valence electrons. The van der Waals surface area contributed by atoms with Crippen molar-refractivity contribution in [1.29, 1.82) is 0 Å². The van der Waals surface area contributed by atoms with Crippen LogP contribution < -0.4 is 5.32 Å². The van der Waals surface area contributed by atoms with E-state index in [1.54, 1.807) is 0 Å². The molecule has 0 fully saturated rings. The molecule has 0 unspecified atom stereocenters. The van der Waals surface area contributed by atoms with Crippen LogP contribution in [0.3, 0.4) is 0 Å². The first-order valence-electron chi connectivity index (χ1n) is 5.90. The number of nitrogens with zero attached hydrogens (tertiary/aromatic N) is 1. The second kappa shape index (κ2) is 6.78. The summed E-state index contributed by atoms with van der Waals surface area (Å²) in [5, 5.41) is 11.1. The number of aromatic nitrogens is 1. The summed E-state index contributed by atoms with van der Waals surface area (Å²) in [6.45, 7) is 3.93. The molecule has 0 aliphatic heterocycles. The number of hydrogen-bond donors (Lipinski definition) is 2. The SMILES string of the molecule is Cc1nc(CNC(=O)CCCCC(=O)O)oc1C. The molecule has 1 aromatic heterocycles. The van der Waals surface area contributed by atoms with E-state index in [0.717, 1.165) is 11.5 Å². The Kier molecular flexibility index (Phi) is 5.35. The molecule has 1 aromatic rings. The van der Waals surface area contributed by atoms with Crippen LogP contribution >= 0.6 is 0 Å². The average molecular weight is 254 g/mol. The van der Waals surface area contributed by atoms with Crippen molar-refractivity contribution in [2.24, 2.45) is 0 Å². The van der Waals surface area contributed by atoms with Crippen LogP contribution in [-0.2, 0) is 16.1 Å². The molecule has 18 heavy (non-hydrogen) atoms. The second-order valence-electron chi connectivity index (χ2n) is 4.13. The van der Waals surface area contributed by atoms with E-state index in [9.17, 15) is 9.59 Å². The molecule has 0 aliphatic carbocycles. The number of oxazole rings is 1. The van der Waals surface area contributed by atoms with Crippen molar-refractivity contribution < 1.29 is 19.1 Å². The molecule has 1 rings (SSSR count). The fraction of sp³-hybridized carbons (Fsp3) is 0.583. The molecule has 0 aliphatic rings. The molecule has 1 amide bonds. The Balaban J connectivity index is 2.19. The summed E-state index contributed by atoms with van der Waals surface area (Å²) >= 11 is 0. The van der Waals surface area contributed by atoms with Crippen LogP contribution in [0.5, 0.6) is 0 Å². The zero-order chi connectivity index (χ0) is 13.5. The maximum atomic E-state index is 11.4. The van der Waals surface area contributed by atoms with Gasteiger partial charge in [-0.15, -0.1) is 0 Å². The highest BCUT2D eigenvalue weighted by molar-refractivity contribution is 5.75. The molecule has 0 saturated heterocycles. The lowest BCUT2D eigenvalue weighted by atomic mass is 10.2. The highest BCUT2D eigenvalue weighted by atomic mass is 16.4. The highest BCUT2D eigenvalue weighted by Gasteiger charge is 2.07. The highest BCUT2D eigenvalue weighted by Crippen LogP contribution is 2.08. The third kappa shape index (κ3) is 4.99. The van der Waals surface area contributed by atoms with Gasteiger partial charge in [0, 0.05) is 12.8 Å². The Labute approximate surface area is 105 Å². The quantitative estimate of drug-likeness (QED) is 0.720. The maximum absolute atomic E-state index is 11.4. The maximum Gasteiger partial charge on any atom is 0.303 e. The fourth-order valence-electron chi connectivity index (χ4n) is 1.44. The van der Waals surface area contributed by atoms with Gasteiger partial charge in [0.15, 0.2) is 0 Å². The Hall–Kier alpha value is -1.85. The number of hydrogen-bond acceptors (Lipinski definition) is 4. The van der Waals surface area contributed by atoms with Crippen molar-refractivity contribution in [3.05, 3.63) is 17.3 Å². The van der Waals surface area contributed by atoms with Gasteiger partial charge in [0.05, 0.1) is 12.2 Å². The van der Waals surface area contributed by atoms with E-state index in [1.165, 1.54) is 0 Å². The predicted octanol–water partition coefficient (Wildman–Crippen LogP) is 1.55. The second-order valence-corrected chi connectivity index (χ2v) is 4.13. The monoisotopic (exact) mass is 254 g/mol. The molecule has 0 bridgehead atoms. The zero-order valence-corrected chi connectivity index (χ0v) is 10.7. The Morgan fingerprint density at radius 3 is 2.50 bits per heavy atom. The molecule has 6 nitrogen and oxygen atoms in total. The average Bonchev–Trinajstić information content (AvgIpc) is 2.61. The summed E-state index contributed by atoms with van der Waals surface area (Å²) in [6, 6.07) is 0. The molecule has 0 atom stereocenters. The lowest BCUT2D eigenvalue weighted by molar-refractivity contribution is -0.137. The minimum Gasteiger partial charge on any atom is -0.481 e. The number of aliphatic carboxylic acids is 1. The normalized spacial score (nSPS) is 10.3. The Bertz CT molecular complexity index is 406. The Morgan fingerprint density at radius 1 is 1.28 bits per heavy atom. The van der Waals surface area contributed by atoms with Crippen molar-refractivity contribution in [3.8, 4) is 0 Å². The largest absolute Gasteiger partial charge is 0.481 e. The Morgan fingerprint density at radius 2 is 1.94 bits per heavy atom. The molecular weight excluding hydrogens is 236 g/mol. The molecule has 1 heterocycles. The lowest BCUT2D eigenvalue weighted by Crippen LogP contribution is -2.22. The molecule has 6 heteroatoms. The third-order valence-electron chi connectivity index (χ3n) is 2.55. The van der Waals surface area contributed by atoms with E-state index >= 15 is 0 Å². The van der Waals surface area contributed by atoms with Crippen molar-refractivity contribution in [3.63, 3.8) is 0 Å². The topological polar surface area (TPSA) is 92.4 Å². The lowest BCUT2D eigenvalue weighted by Gasteiger charge is -2.01. The van der Waals surface area contributed by atoms with Crippen molar-refractivity contribution in [2.75, 3.05) is 0 Å².